The van der Waals surface area contributed by atoms with E-state index in [1.54, 1.807) is 19.2 Å². The number of nitro groups is 1. The zero-order chi connectivity index (χ0) is 15.4. The highest BCUT2D eigenvalue weighted by molar-refractivity contribution is 5.62. The van der Waals surface area contributed by atoms with Crippen LogP contribution in [0.25, 0.3) is 0 Å². The Bertz CT molecular complexity index is 651. The van der Waals surface area contributed by atoms with Crippen LogP contribution in [0.2, 0.25) is 0 Å². The van der Waals surface area contributed by atoms with E-state index in [1.807, 2.05) is 24.6 Å². The summed E-state index contributed by atoms with van der Waals surface area (Å²) in [6.07, 6.45) is 1.56. The Morgan fingerprint density at radius 2 is 2.10 bits per heavy atom. The number of aromatic nitrogens is 3. The van der Waals surface area contributed by atoms with Gasteiger partial charge in [-0.1, -0.05) is 19.9 Å². The molecule has 21 heavy (non-hydrogen) atoms. The van der Waals surface area contributed by atoms with Crippen molar-refractivity contribution in [3.8, 4) is 0 Å². The lowest BCUT2D eigenvalue weighted by molar-refractivity contribution is -0.384. The first-order valence-electron chi connectivity index (χ1n) is 6.96. The summed E-state index contributed by atoms with van der Waals surface area (Å²) in [5.41, 5.74) is 1.42. The van der Waals surface area contributed by atoms with E-state index in [1.165, 1.54) is 0 Å². The number of nitrogens with zero attached hydrogens (tertiary/aromatic N) is 4. The van der Waals surface area contributed by atoms with E-state index < -0.39 is 0 Å². The predicted octanol–water partition coefficient (Wildman–Crippen LogP) is 2.40. The van der Waals surface area contributed by atoms with Gasteiger partial charge in [-0.25, -0.2) is 9.67 Å². The fourth-order valence-electron chi connectivity index (χ4n) is 2.18. The highest BCUT2D eigenvalue weighted by Gasteiger charge is 2.15. The summed E-state index contributed by atoms with van der Waals surface area (Å²) in [7, 11) is 1.67. The minimum atomic E-state index is -0.380. The Balaban J connectivity index is 2.33. The number of benzene rings is 1. The van der Waals surface area contributed by atoms with E-state index in [9.17, 15) is 10.1 Å². The van der Waals surface area contributed by atoms with Gasteiger partial charge in [-0.05, 0) is 11.6 Å². The van der Waals surface area contributed by atoms with Gasteiger partial charge in [0.1, 0.15) is 11.5 Å². The van der Waals surface area contributed by atoms with Crippen molar-refractivity contribution in [3.05, 3.63) is 45.5 Å². The molecule has 1 heterocycles. The molecule has 7 nitrogen and oxygen atoms in total. The molecule has 112 valence electrons. The molecule has 1 aromatic heterocycles. The summed E-state index contributed by atoms with van der Waals surface area (Å²) in [5.74, 6) is 1.69. The molecule has 0 fully saturated rings. The largest absolute Gasteiger partial charge is 0.383 e. The van der Waals surface area contributed by atoms with Crippen LogP contribution in [0.3, 0.4) is 0 Å². The molecule has 1 aromatic carbocycles. The number of hydrogen-bond donors (Lipinski definition) is 1. The van der Waals surface area contributed by atoms with E-state index in [0.29, 0.717) is 12.2 Å². The molecule has 1 N–H and O–H groups in total. The first-order valence-corrected chi connectivity index (χ1v) is 6.96. The maximum atomic E-state index is 11.1. The topological polar surface area (TPSA) is 85.9 Å². The van der Waals surface area contributed by atoms with Crippen molar-refractivity contribution >= 4 is 11.4 Å². The predicted molar refractivity (Wildman–Crippen MR) is 80.5 cm³/mol. The van der Waals surface area contributed by atoms with E-state index in [4.69, 9.17) is 0 Å². The third kappa shape index (κ3) is 3.18. The van der Waals surface area contributed by atoms with Crippen molar-refractivity contribution in [2.24, 2.45) is 0 Å². The van der Waals surface area contributed by atoms with E-state index in [0.717, 1.165) is 30.1 Å². The molecule has 0 aliphatic rings. The second-order valence-electron chi connectivity index (χ2n) is 4.67. The van der Waals surface area contributed by atoms with E-state index >= 15 is 0 Å². The molecule has 0 radical (unpaired) electrons. The molecule has 0 aliphatic carbocycles. The highest BCUT2D eigenvalue weighted by Crippen LogP contribution is 2.25. The molecule has 0 unspecified atom stereocenters. The molecule has 0 saturated heterocycles. The van der Waals surface area contributed by atoms with Gasteiger partial charge >= 0.3 is 0 Å². The van der Waals surface area contributed by atoms with Crippen molar-refractivity contribution in [2.75, 3.05) is 12.4 Å². The van der Waals surface area contributed by atoms with Crippen LogP contribution in [0.15, 0.2) is 18.2 Å². The number of rotatable bonds is 6. The summed E-state index contributed by atoms with van der Waals surface area (Å²) in [6, 6.07) is 5.17. The van der Waals surface area contributed by atoms with Crippen molar-refractivity contribution in [1.82, 2.24) is 14.8 Å². The molecule has 0 bridgehead atoms. The van der Waals surface area contributed by atoms with Gasteiger partial charge in [-0.2, -0.15) is 5.10 Å². The molecule has 2 aromatic rings. The fraction of sp³-hybridized carbons (Fsp3) is 0.429. The molecule has 0 aliphatic heterocycles. The molecule has 7 heteroatoms. The van der Waals surface area contributed by atoms with Crippen LogP contribution in [0.1, 0.15) is 31.1 Å². The average Bonchev–Trinajstić information content (AvgIpc) is 2.89. The third-order valence-corrected chi connectivity index (χ3v) is 3.29. The summed E-state index contributed by atoms with van der Waals surface area (Å²) in [6.45, 7) is 4.51. The maximum absolute atomic E-state index is 11.1. The van der Waals surface area contributed by atoms with Gasteiger partial charge in [0.25, 0.3) is 5.69 Å². The number of hydrogen-bond acceptors (Lipinski definition) is 5. The first kappa shape index (κ1) is 15.0. The van der Waals surface area contributed by atoms with Crippen LogP contribution < -0.4 is 5.32 Å². The molecule has 0 saturated carbocycles. The first-order chi connectivity index (χ1) is 10.1. The van der Waals surface area contributed by atoms with Crippen LogP contribution in [0.4, 0.5) is 11.4 Å². The summed E-state index contributed by atoms with van der Waals surface area (Å²) in [5, 5.41) is 18.3. The Kier molecular flexibility index (Phi) is 4.52. The average molecular weight is 289 g/mol. The molecular formula is C14H19N5O2. The second-order valence-corrected chi connectivity index (χ2v) is 4.67. The number of aryl methyl sites for hydroxylation is 2. The number of nitro benzene ring substituents is 1. The quantitative estimate of drug-likeness (QED) is 0.652. The van der Waals surface area contributed by atoms with Crippen molar-refractivity contribution in [2.45, 2.75) is 33.2 Å². The van der Waals surface area contributed by atoms with Gasteiger partial charge in [0.2, 0.25) is 0 Å². The standard InChI is InChI=1S/C14H19N5O2/c1-4-13-16-14(5-2)18(17-13)9-10-6-7-11(15-3)12(8-10)19(20)21/h6-8,15H,4-5,9H2,1-3H3. The van der Waals surface area contributed by atoms with Crippen LogP contribution >= 0.6 is 0 Å². The number of anilines is 1. The lowest BCUT2D eigenvalue weighted by Crippen LogP contribution is -2.07. The minimum Gasteiger partial charge on any atom is -0.383 e. The molecule has 0 spiro atoms. The van der Waals surface area contributed by atoms with Crippen LogP contribution in [0, 0.1) is 10.1 Å². The zero-order valence-corrected chi connectivity index (χ0v) is 12.5. The molecular weight excluding hydrogens is 270 g/mol. The number of nitrogens with one attached hydrogen (secondary N) is 1. The van der Waals surface area contributed by atoms with Gasteiger partial charge < -0.3 is 5.32 Å². The van der Waals surface area contributed by atoms with Crippen LogP contribution in [0.5, 0.6) is 0 Å². The third-order valence-electron chi connectivity index (χ3n) is 3.29. The lowest BCUT2D eigenvalue weighted by atomic mass is 10.1. The van der Waals surface area contributed by atoms with Crippen LogP contribution in [-0.2, 0) is 19.4 Å². The normalized spacial score (nSPS) is 10.6. The SMILES string of the molecule is CCc1nc(CC)n(Cc2ccc(NC)c([N+](=O)[O-])c2)n1. The highest BCUT2D eigenvalue weighted by atomic mass is 16.6. The van der Waals surface area contributed by atoms with Gasteiger partial charge in [-0.15, -0.1) is 0 Å². The van der Waals surface area contributed by atoms with Gasteiger partial charge in [0.05, 0.1) is 11.5 Å². The van der Waals surface area contributed by atoms with Gasteiger partial charge in [-0.3, -0.25) is 10.1 Å². The van der Waals surface area contributed by atoms with E-state index in [-0.39, 0.29) is 10.6 Å². The van der Waals surface area contributed by atoms with Crippen molar-refractivity contribution in [3.63, 3.8) is 0 Å². The van der Waals surface area contributed by atoms with Gasteiger partial charge in [0, 0.05) is 26.0 Å². The Labute approximate surface area is 123 Å². The Hall–Kier alpha value is -2.44. The fourth-order valence-corrected chi connectivity index (χ4v) is 2.18. The van der Waals surface area contributed by atoms with E-state index in [2.05, 4.69) is 15.4 Å². The van der Waals surface area contributed by atoms with Crippen molar-refractivity contribution in [1.29, 1.82) is 0 Å². The van der Waals surface area contributed by atoms with Crippen molar-refractivity contribution < 1.29 is 4.92 Å². The Morgan fingerprint density at radius 3 is 2.67 bits per heavy atom. The molecule has 2 rings (SSSR count). The minimum absolute atomic E-state index is 0.0730. The monoisotopic (exact) mass is 289 g/mol. The molecule has 0 amide bonds. The lowest BCUT2D eigenvalue weighted by Gasteiger charge is -2.07. The van der Waals surface area contributed by atoms with Crippen LogP contribution in [-0.4, -0.2) is 26.7 Å². The molecule has 0 atom stereocenters. The Morgan fingerprint density at radius 1 is 1.33 bits per heavy atom. The summed E-state index contributed by atoms with van der Waals surface area (Å²) >= 11 is 0. The zero-order valence-electron chi connectivity index (χ0n) is 12.5. The second kappa shape index (κ2) is 6.34. The maximum Gasteiger partial charge on any atom is 0.292 e. The smallest absolute Gasteiger partial charge is 0.292 e. The summed E-state index contributed by atoms with van der Waals surface area (Å²) in [4.78, 5) is 15.1. The summed E-state index contributed by atoms with van der Waals surface area (Å²) < 4.78 is 1.82. The van der Waals surface area contributed by atoms with Gasteiger partial charge in [0.15, 0.2) is 5.82 Å².